The van der Waals surface area contributed by atoms with Gasteiger partial charge < -0.3 is 10.2 Å². The fourth-order valence-electron chi connectivity index (χ4n) is 7.25. The van der Waals surface area contributed by atoms with Crippen molar-refractivity contribution in [2.24, 2.45) is 101 Å². The second-order valence-electron chi connectivity index (χ2n) is 19.9. The van der Waals surface area contributed by atoms with Gasteiger partial charge in [0, 0.05) is 13.2 Å². The molecule has 0 aromatic carbocycles. The van der Waals surface area contributed by atoms with Gasteiger partial charge >= 0.3 is 0 Å². The minimum atomic E-state index is -0.458. The van der Waals surface area contributed by atoms with Crippen LogP contribution in [-0.4, -0.2) is 41.9 Å². The Morgan fingerprint density at radius 2 is 0.640 bits per heavy atom. The Morgan fingerprint density at radius 3 is 0.660 bits per heavy atom. The molecule has 0 bridgehead atoms. The van der Waals surface area contributed by atoms with E-state index in [2.05, 4.69) is 104 Å². The quantitative estimate of drug-likeness (QED) is 0.249. The summed E-state index contributed by atoms with van der Waals surface area (Å²) >= 11 is 0. The summed E-state index contributed by atoms with van der Waals surface area (Å²) in [4.78, 5) is 0. The van der Waals surface area contributed by atoms with Crippen molar-refractivity contribution in [3.05, 3.63) is 0 Å². The van der Waals surface area contributed by atoms with Gasteiger partial charge in [-0.1, -0.05) is 104 Å². The van der Waals surface area contributed by atoms with Crippen molar-refractivity contribution < 1.29 is 23.4 Å². The van der Waals surface area contributed by atoms with Crippen molar-refractivity contribution in [2.45, 2.75) is 174 Å². The van der Waals surface area contributed by atoms with E-state index in [1.54, 1.807) is 0 Å². The van der Waals surface area contributed by atoms with Crippen molar-refractivity contribution in [3.63, 3.8) is 0 Å². The summed E-state index contributed by atoms with van der Waals surface area (Å²) in [7, 11) is 0. The number of alkyl halides is 3. The Bertz CT molecular complexity index is 766. The zero-order valence-corrected chi connectivity index (χ0v) is 35.6. The Labute approximate surface area is 310 Å². The lowest BCUT2D eigenvalue weighted by Crippen LogP contribution is -1.95. The third kappa shape index (κ3) is 20.8. The monoisotopic (exact) mass is 717 g/mol. The van der Waals surface area contributed by atoms with Crippen LogP contribution in [0, 0.1) is 101 Å². The molecule has 7 fully saturated rings. The van der Waals surface area contributed by atoms with Crippen LogP contribution >= 0.6 is 0 Å². The van der Waals surface area contributed by atoms with Gasteiger partial charge in [0.15, 0.2) is 0 Å². The molecule has 12 atom stereocenters. The van der Waals surface area contributed by atoms with E-state index < -0.39 is 18.5 Å². The van der Waals surface area contributed by atoms with E-state index in [9.17, 15) is 13.2 Å². The predicted octanol–water partition coefficient (Wildman–Crippen LogP) is 12.9. The molecular weight excluding hydrogens is 629 g/mol. The fraction of sp³-hybridized carbons (Fsp3) is 1.00. The van der Waals surface area contributed by atoms with Crippen LogP contribution in [0.1, 0.15) is 155 Å². The molecule has 0 amide bonds. The summed E-state index contributed by atoms with van der Waals surface area (Å²) in [6, 6.07) is 0. The van der Waals surface area contributed by atoms with Gasteiger partial charge in [-0.2, -0.15) is 0 Å². The van der Waals surface area contributed by atoms with Crippen LogP contribution in [0.4, 0.5) is 13.2 Å². The Hall–Kier alpha value is -0.290. The highest BCUT2D eigenvalue weighted by Gasteiger charge is 2.41. The Kier molecular flexibility index (Phi) is 21.8. The van der Waals surface area contributed by atoms with E-state index in [0.29, 0.717) is 60.6 Å². The van der Waals surface area contributed by atoms with E-state index in [4.69, 9.17) is 10.2 Å². The first-order chi connectivity index (χ1) is 23.2. The molecule has 7 aliphatic rings. The van der Waals surface area contributed by atoms with Crippen LogP contribution < -0.4 is 0 Å². The summed E-state index contributed by atoms with van der Waals surface area (Å²) in [5.74, 6) is 12.6. The van der Waals surface area contributed by atoms with E-state index >= 15 is 0 Å². The minimum absolute atomic E-state index is 0.403. The molecule has 0 aromatic heterocycles. The van der Waals surface area contributed by atoms with Gasteiger partial charge in [-0.05, 0) is 152 Å². The van der Waals surface area contributed by atoms with E-state index in [-0.39, 0.29) is 0 Å². The average Bonchev–Trinajstić information content (AvgIpc) is 3.80. The SMILES string of the molecule is CC(C)C1CC1.CC(C)[C@@H]1C[C@@H]1C.CC(C)[C@@H]1C[C@@H]1CO.CC(C)[C@@H]1C[C@H]1F.CC(C)[C@H]1C[C@@H]1F.CC(C)[C@H]1C[C@H]1CO.CC(C)[C@H]1C[C@H]1F. The summed E-state index contributed by atoms with van der Waals surface area (Å²) in [6.45, 7) is 33.7. The van der Waals surface area contributed by atoms with Gasteiger partial charge in [-0.15, -0.1) is 0 Å². The Morgan fingerprint density at radius 1 is 0.400 bits per heavy atom. The van der Waals surface area contributed by atoms with Crippen molar-refractivity contribution in [1.29, 1.82) is 0 Å². The van der Waals surface area contributed by atoms with Crippen molar-refractivity contribution in [2.75, 3.05) is 13.2 Å². The van der Waals surface area contributed by atoms with E-state index in [1.165, 1.54) is 32.1 Å². The maximum Gasteiger partial charge on any atom is 0.104 e. The number of aliphatic hydroxyl groups excluding tert-OH is 2. The zero-order valence-electron chi connectivity index (χ0n) is 35.6. The molecule has 0 aliphatic heterocycles. The third-order valence-corrected chi connectivity index (χ3v) is 12.6. The number of halogens is 3. The van der Waals surface area contributed by atoms with Gasteiger partial charge in [-0.3, -0.25) is 0 Å². The first kappa shape index (κ1) is 47.7. The maximum absolute atomic E-state index is 12.0. The molecule has 5 heteroatoms. The molecule has 7 saturated carbocycles. The van der Waals surface area contributed by atoms with Crippen molar-refractivity contribution >= 4 is 0 Å². The summed E-state index contributed by atoms with van der Waals surface area (Å²) in [5.41, 5.74) is 0. The molecule has 2 nitrogen and oxygen atoms in total. The van der Waals surface area contributed by atoms with Gasteiger partial charge in [0.1, 0.15) is 18.5 Å². The number of rotatable bonds is 9. The molecule has 0 heterocycles. The predicted molar refractivity (Wildman–Crippen MR) is 210 cm³/mol. The van der Waals surface area contributed by atoms with Crippen molar-refractivity contribution in [1.82, 2.24) is 0 Å². The summed E-state index contributed by atoms with van der Waals surface area (Å²) in [6.07, 6.45) is 8.07. The second kappa shape index (κ2) is 22.8. The van der Waals surface area contributed by atoms with Crippen LogP contribution in [0.3, 0.4) is 0 Å². The van der Waals surface area contributed by atoms with Crippen LogP contribution in [-0.2, 0) is 0 Å². The highest BCUT2D eigenvalue weighted by Crippen LogP contribution is 2.45. The number of aliphatic hydroxyl groups is 2. The van der Waals surface area contributed by atoms with Gasteiger partial charge in [0.2, 0.25) is 0 Å². The molecule has 7 rings (SSSR count). The third-order valence-electron chi connectivity index (χ3n) is 12.6. The first-order valence-electron chi connectivity index (χ1n) is 21.3. The summed E-state index contributed by atoms with van der Waals surface area (Å²) in [5, 5.41) is 17.3. The molecule has 7 aliphatic carbocycles. The molecule has 0 radical (unpaired) electrons. The lowest BCUT2D eigenvalue weighted by Gasteiger charge is -1.98. The largest absolute Gasteiger partial charge is 0.396 e. The molecular formula is C45H87F3O2. The average molecular weight is 717 g/mol. The van der Waals surface area contributed by atoms with Gasteiger partial charge in [0.05, 0.1) is 0 Å². The number of hydrogen-bond acceptors (Lipinski definition) is 2. The van der Waals surface area contributed by atoms with E-state index in [1.807, 2.05) is 0 Å². The molecule has 2 N–H and O–H groups in total. The van der Waals surface area contributed by atoms with Gasteiger partial charge in [0.25, 0.3) is 0 Å². The normalized spacial score (nSPS) is 36.3. The highest BCUT2D eigenvalue weighted by atomic mass is 19.1. The first-order valence-corrected chi connectivity index (χ1v) is 21.3. The minimum Gasteiger partial charge on any atom is -0.396 e. The smallest absolute Gasteiger partial charge is 0.104 e. The van der Waals surface area contributed by atoms with Gasteiger partial charge in [-0.25, -0.2) is 13.2 Å². The molecule has 0 aromatic rings. The fourth-order valence-corrected chi connectivity index (χ4v) is 7.25. The molecule has 0 spiro atoms. The van der Waals surface area contributed by atoms with E-state index in [0.717, 1.165) is 72.5 Å². The standard InChI is InChI=1S/2C7H14O.C7H14.3C6H11F.C6H12/c2*1-5(2)7-3-6(7)4-8;1-5(2)7-4-6(7)3;3*1-4(2)5-3-6(5)7;1-5(2)6-3-4-6/h2*5-8H,3-4H2,1-2H3;5-7H,4H2,1-3H3;3*4-6H,3H2,1-2H3;5-6H,3-4H2,1-2H3/t2*6-,7+;6-,7-;2*5-,6+;5-,6-;/m100101./s1. The van der Waals surface area contributed by atoms with Crippen LogP contribution in [0.2, 0.25) is 0 Å². The lowest BCUT2D eigenvalue weighted by atomic mass is 10.1. The lowest BCUT2D eigenvalue weighted by molar-refractivity contribution is 0.262. The molecule has 50 heavy (non-hydrogen) atoms. The molecule has 0 saturated heterocycles. The highest BCUT2D eigenvalue weighted by molar-refractivity contribution is 4.90. The maximum atomic E-state index is 12.0. The van der Waals surface area contributed by atoms with Crippen LogP contribution in [0.15, 0.2) is 0 Å². The summed E-state index contributed by atoms with van der Waals surface area (Å²) < 4.78 is 36.1. The molecule has 300 valence electrons. The topological polar surface area (TPSA) is 40.5 Å². The van der Waals surface area contributed by atoms with Crippen LogP contribution in [0.25, 0.3) is 0 Å². The zero-order chi connectivity index (χ0) is 38.6. The molecule has 0 unspecified atom stereocenters. The number of hydrogen-bond donors (Lipinski definition) is 2. The Balaban J connectivity index is 0.000000292. The second-order valence-corrected chi connectivity index (χ2v) is 19.9. The van der Waals surface area contributed by atoms with Crippen LogP contribution in [0.5, 0.6) is 0 Å². The van der Waals surface area contributed by atoms with Crippen molar-refractivity contribution in [3.8, 4) is 0 Å².